The molecule has 2 aromatic carbocycles. The largest absolute Gasteiger partial charge is 0.477 e. The smallest absolute Gasteiger partial charge is 0.354 e. The number of fused-ring (bicyclic) bond motifs is 2. The molecule has 81 heavy (non-hydrogen) atoms. The molecule has 0 saturated heterocycles. The Kier molecular flexibility index (Phi) is 18.1. The summed E-state index contributed by atoms with van der Waals surface area (Å²) in [5.41, 5.74) is 6.84. The van der Waals surface area contributed by atoms with Gasteiger partial charge < -0.3 is 35.1 Å². The number of carbonyl (C=O) groups is 4. The van der Waals surface area contributed by atoms with Crippen molar-refractivity contribution in [1.29, 1.82) is 0 Å². The van der Waals surface area contributed by atoms with E-state index in [0.717, 1.165) is 63.5 Å². The maximum absolute atomic E-state index is 13.6. The minimum atomic E-state index is -1.22. The minimum Gasteiger partial charge on any atom is -0.477 e. The number of carboxylic acid groups (broad SMARTS) is 1. The van der Waals surface area contributed by atoms with Crippen LogP contribution in [0.5, 0.6) is 0 Å². The fraction of sp³-hybridized carbons (Fsp3) is 0.167. The SMILES string of the molecule is CN(C)C(=O)c1cc(C2=CCc3ncccc32)cc(CNC(=O)c2cccn(Cc3ccc(F)c(F)c3)c2=O)n1.CNC.O=C(O)c1cc(C2=CCc3ncccc32)cc(CNC(=O)c2cccn(Cc3ccc(F)c(F)c3)c2=O)n1. The number of halogens is 4. The van der Waals surface area contributed by atoms with E-state index in [2.05, 4.69) is 35.9 Å². The van der Waals surface area contributed by atoms with Crippen molar-refractivity contribution in [3.63, 3.8) is 0 Å². The number of nitrogens with zero attached hydrogens (tertiary/aromatic N) is 7. The average molecular weight is 1100 g/mol. The molecule has 0 radical (unpaired) electrons. The van der Waals surface area contributed by atoms with Gasteiger partial charge in [-0.1, -0.05) is 36.4 Å². The zero-order valence-electron chi connectivity index (χ0n) is 44.1. The van der Waals surface area contributed by atoms with Crippen molar-refractivity contribution in [2.45, 2.75) is 39.0 Å². The Hall–Kier alpha value is -10.0. The summed E-state index contributed by atoms with van der Waals surface area (Å²) in [6.07, 6.45) is 11.6. The van der Waals surface area contributed by atoms with Gasteiger partial charge in [0.25, 0.3) is 28.8 Å². The van der Waals surface area contributed by atoms with Gasteiger partial charge in [0.05, 0.1) is 49.0 Å². The molecule has 0 atom stereocenters. The molecule has 0 saturated carbocycles. The standard InChI is InChI=1S/C30H25F2N5O3.C28H20F2N4O4.C2H7N/c1-36(2)30(40)27-15-19(21-8-10-26-22(21)5-3-11-33-26)14-20(35-27)16-34-28(38)23-6-4-12-37(29(23)39)17-18-7-9-24(31)25(32)13-18;29-22-7-5-16(11-23(22)30)15-34-10-2-4-21(27(34)36)26(35)32-14-18-12-17(13-25(33-18)28(37)38)19-6-8-24-20(19)3-1-9-31-24;1-3-2/h3-9,11-15H,10,16-17H2,1-2H3,(H,34,38);1-7,9-13H,8,14-15H2,(H,32,35)(H,37,38);3H,1-2H3. The van der Waals surface area contributed by atoms with Crippen LogP contribution in [0.15, 0.2) is 156 Å². The third kappa shape index (κ3) is 13.6. The lowest BCUT2D eigenvalue weighted by Crippen LogP contribution is -2.33. The van der Waals surface area contributed by atoms with Crippen molar-refractivity contribution in [1.82, 2.24) is 49.9 Å². The topological polar surface area (TPSA) is 223 Å². The predicted molar refractivity (Wildman–Crippen MR) is 293 cm³/mol. The van der Waals surface area contributed by atoms with Crippen molar-refractivity contribution < 1.29 is 41.8 Å². The van der Waals surface area contributed by atoms with E-state index in [9.17, 15) is 51.4 Å². The van der Waals surface area contributed by atoms with Crippen LogP contribution in [0.2, 0.25) is 0 Å². The van der Waals surface area contributed by atoms with E-state index in [0.29, 0.717) is 40.9 Å². The third-order valence-electron chi connectivity index (χ3n) is 12.6. The first kappa shape index (κ1) is 57.2. The molecule has 412 valence electrons. The van der Waals surface area contributed by atoms with Crippen LogP contribution in [0.4, 0.5) is 17.6 Å². The van der Waals surface area contributed by atoms with E-state index in [1.807, 2.05) is 44.4 Å². The molecular formula is C60H52F4N10O7. The Bertz CT molecular complexity index is 3930. The molecule has 3 amide bonds. The van der Waals surface area contributed by atoms with E-state index in [1.165, 1.54) is 68.9 Å². The summed E-state index contributed by atoms with van der Waals surface area (Å²) < 4.78 is 56.1. The van der Waals surface area contributed by atoms with Crippen LogP contribution < -0.4 is 27.1 Å². The second-order valence-corrected chi connectivity index (χ2v) is 18.7. The molecule has 21 heteroatoms. The van der Waals surface area contributed by atoms with E-state index in [-0.39, 0.29) is 54.6 Å². The molecule has 10 rings (SSSR count). The molecule has 2 aliphatic rings. The number of hydrogen-bond acceptors (Lipinski definition) is 11. The van der Waals surface area contributed by atoms with E-state index in [1.54, 1.807) is 50.8 Å². The first-order chi connectivity index (χ1) is 38.9. The lowest BCUT2D eigenvalue weighted by molar-refractivity contribution is 0.0689. The Morgan fingerprint density at radius 3 is 1.43 bits per heavy atom. The van der Waals surface area contributed by atoms with Crippen molar-refractivity contribution in [2.75, 3.05) is 28.2 Å². The lowest BCUT2D eigenvalue weighted by Gasteiger charge is -2.14. The average Bonchev–Trinajstić information content (AvgIpc) is 4.11. The monoisotopic (exact) mass is 1100 g/mol. The van der Waals surface area contributed by atoms with Gasteiger partial charge >= 0.3 is 5.97 Å². The number of carboxylic acids is 1. The van der Waals surface area contributed by atoms with Crippen LogP contribution in [-0.2, 0) is 39.0 Å². The molecule has 17 nitrogen and oxygen atoms in total. The van der Waals surface area contributed by atoms with Crippen LogP contribution in [0.1, 0.15) is 97.8 Å². The van der Waals surface area contributed by atoms with Gasteiger partial charge in [-0.2, -0.15) is 0 Å². The molecule has 6 heterocycles. The van der Waals surface area contributed by atoms with E-state index >= 15 is 0 Å². The summed E-state index contributed by atoms with van der Waals surface area (Å²) >= 11 is 0. The zero-order valence-corrected chi connectivity index (χ0v) is 44.1. The zero-order chi connectivity index (χ0) is 57.9. The second-order valence-electron chi connectivity index (χ2n) is 18.7. The number of aromatic nitrogens is 6. The number of pyridine rings is 6. The third-order valence-corrected chi connectivity index (χ3v) is 12.6. The van der Waals surface area contributed by atoms with Gasteiger partial charge in [-0.25, -0.2) is 32.3 Å². The van der Waals surface area contributed by atoms with Gasteiger partial charge in [-0.15, -0.1) is 0 Å². The first-order valence-electron chi connectivity index (χ1n) is 25.1. The summed E-state index contributed by atoms with van der Waals surface area (Å²) in [5.74, 6) is -6.86. The number of nitrogens with one attached hydrogen (secondary N) is 3. The molecule has 0 bridgehead atoms. The molecule has 0 unspecified atom stereocenters. The quantitative estimate of drug-likeness (QED) is 0.0809. The van der Waals surface area contributed by atoms with Crippen LogP contribution in [0.25, 0.3) is 11.1 Å². The number of amides is 3. The maximum atomic E-state index is 13.6. The van der Waals surface area contributed by atoms with Gasteiger partial charge in [0.2, 0.25) is 0 Å². The van der Waals surface area contributed by atoms with Crippen molar-refractivity contribution >= 4 is 34.8 Å². The van der Waals surface area contributed by atoms with Gasteiger partial charge in [0.15, 0.2) is 23.3 Å². The Morgan fingerprint density at radius 2 is 1.01 bits per heavy atom. The highest BCUT2D eigenvalue weighted by Gasteiger charge is 2.23. The van der Waals surface area contributed by atoms with Crippen molar-refractivity contribution in [3.8, 4) is 0 Å². The molecule has 0 aliphatic heterocycles. The lowest BCUT2D eigenvalue weighted by atomic mass is 10.00. The fourth-order valence-electron chi connectivity index (χ4n) is 8.84. The second kappa shape index (κ2) is 25.6. The number of hydrogen-bond donors (Lipinski definition) is 4. The minimum absolute atomic E-state index is 0.0366. The Balaban J connectivity index is 0.000000203. The fourth-order valence-corrected chi connectivity index (χ4v) is 8.84. The van der Waals surface area contributed by atoms with Crippen LogP contribution in [0, 0.1) is 23.3 Å². The number of carbonyl (C=O) groups excluding carboxylic acids is 3. The van der Waals surface area contributed by atoms with E-state index in [4.69, 9.17) is 0 Å². The van der Waals surface area contributed by atoms with Gasteiger partial charge in [-0.05, 0) is 132 Å². The molecule has 8 aromatic rings. The highest BCUT2D eigenvalue weighted by atomic mass is 19.2. The van der Waals surface area contributed by atoms with Gasteiger partial charge in [0.1, 0.15) is 22.5 Å². The summed E-state index contributed by atoms with van der Waals surface area (Å²) in [4.78, 5) is 95.1. The van der Waals surface area contributed by atoms with Gasteiger partial charge in [-0.3, -0.25) is 33.9 Å². The van der Waals surface area contributed by atoms with Crippen LogP contribution >= 0.6 is 0 Å². The molecule has 2 aliphatic carbocycles. The summed E-state index contributed by atoms with van der Waals surface area (Å²) in [6, 6.07) is 26.6. The molecule has 4 N–H and O–H groups in total. The summed E-state index contributed by atoms with van der Waals surface area (Å²) in [6.45, 7) is -0.265. The van der Waals surface area contributed by atoms with Gasteiger partial charge in [0, 0.05) is 62.9 Å². The van der Waals surface area contributed by atoms with Crippen molar-refractivity contribution in [2.24, 2.45) is 0 Å². The number of allylic oxidation sites excluding steroid dienone is 2. The Morgan fingerprint density at radius 1 is 0.580 bits per heavy atom. The summed E-state index contributed by atoms with van der Waals surface area (Å²) in [7, 11) is 7.01. The predicted octanol–water partition coefficient (Wildman–Crippen LogP) is 7.00. The van der Waals surface area contributed by atoms with E-state index < -0.39 is 52.2 Å². The highest BCUT2D eigenvalue weighted by molar-refractivity contribution is 5.96. The molecule has 0 fully saturated rings. The Labute approximate surface area is 461 Å². The highest BCUT2D eigenvalue weighted by Crippen LogP contribution is 2.33. The van der Waals surface area contributed by atoms with Crippen molar-refractivity contribution in [3.05, 3.63) is 269 Å². The van der Waals surface area contributed by atoms with Crippen LogP contribution in [-0.4, -0.2) is 91.0 Å². The molecular weight excluding hydrogens is 1050 g/mol. The normalized spacial score (nSPS) is 11.9. The number of aromatic carboxylic acids is 1. The summed E-state index contributed by atoms with van der Waals surface area (Å²) in [5, 5.41) is 17.7. The number of benzene rings is 2. The molecule has 0 spiro atoms. The maximum Gasteiger partial charge on any atom is 0.354 e. The number of rotatable bonds is 14. The molecule has 6 aromatic heterocycles. The van der Waals surface area contributed by atoms with Crippen LogP contribution in [0.3, 0.4) is 0 Å². The first-order valence-corrected chi connectivity index (χ1v) is 25.1.